The van der Waals surface area contributed by atoms with E-state index in [2.05, 4.69) is 6.58 Å². The molecule has 3 heteroatoms. The Labute approximate surface area is 86.3 Å². The maximum absolute atomic E-state index is 10.9. The largest absolute Gasteiger partial charge is 0.459 e. The zero-order chi connectivity index (χ0) is 11.2. The molecule has 0 aliphatic rings. The van der Waals surface area contributed by atoms with Gasteiger partial charge < -0.3 is 10.5 Å². The van der Waals surface area contributed by atoms with Gasteiger partial charge in [-0.05, 0) is 19.8 Å². The van der Waals surface area contributed by atoms with Gasteiger partial charge in [0.05, 0.1) is 0 Å². The normalized spacial score (nSPS) is 13.4. The van der Waals surface area contributed by atoms with E-state index in [9.17, 15) is 4.79 Å². The summed E-state index contributed by atoms with van der Waals surface area (Å²) in [6.07, 6.45) is 3.50. The van der Waals surface area contributed by atoms with Crippen molar-refractivity contribution in [3.63, 3.8) is 0 Å². The second-order valence-corrected chi connectivity index (χ2v) is 3.73. The van der Waals surface area contributed by atoms with Gasteiger partial charge in [0.25, 0.3) is 0 Å². The van der Waals surface area contributed by atoms with Crippen molar-refractivity contribution in [2.75, 3.05) is 0 Å². The maximum Gasteiger partial charge on any atom is 0.330 e. The average Bonchev–Trinajstić information content (AvgIpc) is 2.17. The standard InChI is InChI=1S/C11H21NO2/c1-5-10(13)14-9(4)8-11(12,6-2)7-3/h5,9H,1,6-8,12H2,2-4H3. The van der Waals surface area contributed by atoms with Gasteiger partial charge in [-0.1, -0.05) is 20.4 Å². The van der Waals surface area contributed by atoms with Crippen molar-refractivity contribution in [1.82, 2.24) is 0 Å². The molecule has 0 aromatic heterocycles. The molecule has 0 saturated heterocycles. The second kappa shape index (κ2) is 5.81. The maximum atomic E-state index is 10.9. The number of hydrogen-bond donors (Lipinski definition) is 1. The van der Waals surface area contributed by atoms with E-state index < -0.39 is 0 Å². The lowest BCUT2D eigenvalue weighted by Gasteiger charge is -2.29. The molecule has 0 aliphatic carbocycles. The third kappa shape index (κ3) is 4.42. The van der Waals surface area contributed by atoms with Crippen LogP contribution in [0.4, 0.5) is 0 Å². The predicted octanol–water partition coefficient (Wildman–Crippen LogP) is 2.01. The molecular weight excluding hydrogens is 178 g/mol. The first kappa shape index (κ1) is 13.2. The summed E-state index contributed by atoms with van der Waals surface area (Å²) in [6, 6.07) is 0. The van der Waals surface area contributed by atoms with E-state index in [0.29, 0.717) is 6.42 Å². The van der Waals surface area contributed by atoms with Gasteiger partial charge in [-0.25, -0.2) is 4.79 Å². The molecule has 1 atom stereocenters. The fraction of sp³-hybridized carbons (Fsp3) is 0.727. The fourth-order valence-corrected chi connectivity index (χ4v) is 1.40. The van der Waals surface area contributed by atoms with Crippen LogP contribution in [0.2, 0.25) is 0 Å². The topological polar surface area (TPSA) is 52.3 Å². The molecule has 0 spiro atoms. The Kier molecular flexibility index (Phi) is 5.46. The molecule has 0 heterocycles. The molecule has 0 radical (unpaired) electrons. The monoisotopic (exact) mass is 199 g/mol. The molecule has 0 aromatic rings. The van der Waals surface area contributed by atoms with E-state index in [4.69, 9.17) is 10.5 Å². The van der Waals surface area contributed by atoms with Crippen LogP contribution in [0.5, 0.6) is 0 Å². The van der Waals surface area contributed by atoms with Crippen LogP contribution in [-0.4, -0.2) is 17.6 Å². The Morgan fingerprint density at radius 2 is 2.07 bits per heavy atom. The Morgan fingerprint density at radius 3 is 2.43 bits per heavy atom. The minimum absolute atomic E-state index is 0.148. The third-order valence-electron chi connectivity index (χ3n) is 2.59. The van der Waals surface area contributed by atoms with Crippen molar-refractivity contribution in [3.8, 4) is 0 Å². The summed E-state index contributed by atoms with van der Waals surface area (Å²) in [7, 11) is 0. The zero-order valence-corrected chi connectivity index (χ0v) is 9.38. The van der Waals surface area contributed by atoms with Crippen LogP contribution in [0.1, 0.15) is 40.0 Å². The van der Waals surface area contributed by atoms with Gasteiger partial charge in [0, 0.05) is 18.0 Å². The molecule has 0 aromatic carbocycles. The van der Waals surface area contributed by atoms with E-state index in [0.717, 1.165) is 12.8 Å². The molecule has 3 nitrogen and oxygen atoms in total. The summed E-state index contributed by atoms with van der Waals surface area (Å²) in [5, 5.41) is 0. The highest BCUT2D eigenvalue weighted by Gasteiger charge is 2.24. The summed E-state index contributed by atoms with van der Waals surface area (Å²) in [4.78, 5) is 10.9. The number of rotatable bonds is 6. The Bertz CT molecular complexity index is 197. The van der Waals surface area contributed by atoms with Crippen molar-refractivity contribution in [2.24, 2.45) is 5.73 Å². The predicted molar refractivity (Wildman–Crippen MR) is 57.9 cm³/mol. The minimum atomic E-state index is -0.382. The number of hydrogen-bond acceptors (Lipinski definition) is 3. The van der Waals surface area contributed by atoms with E-state index in [-0.39, 0.29) is 17.6 Å². The van der Waals surface area contributed by atoms with Crippen LogP contribution in [0.3, 0.4) is 0 Å². The quantitative estimate of drug-likeness (QED) is 0.526. The molecule has 0 aliphatic heterocycles. The third-order valence-corrected chi connectivity index (χ3v) is 2.59. The van der Waals surface area contributed by atoms with Gasteiger partial charge in [-0.15, -0.1) is 0 Å². The summed E-state index contributed by atoms with van der Waals surface area (Å²) >= 11 is 0. The first-order valence-electron chi connectivity index (χ1n) is 5.09. The SMILES string of the molecule is C=CC(=O)OC(C)CC(N)(CC)CC. The van der Waals surface area contributed by atoms with Gasteiger partial charge in [0.15, 0.2) is 0 Å². The first-order valence-corrected chi connectivity index (χ1v) is 5.09. The molecule has 0 bridgehead atoms. The highest BCUT2D eigenvalue weighted by molar-refractivity contribution is 5.81. The highest BCUT2D eigenvalue weighted by Crippen LogP contribution is 2.19. The molecule has 1 unspecified atom stereocenters. The lowest BCUT2D eigenvalue weighted by Crippen LogP contribution is -2.41. The van der Waals surface area contributed by atoms with Crippen LogP contribution in [0.25, 0.3) is 0 Å². The van der Waals surface area contributed by atoms with Gasteiger partial charge in [-0.2, -0.15) is 0 Å². The van der Waals surface area contributed by atoms with Crippen LogP contribution in [0, 0.1) is 0 Å². The van der Waals surface area contributed by atoms with E-state index in [1.807, 2.05) is 20.8 Å². The lowest BCUT2D eigenvalue weighted by molar-refractivity contribution is -0.143. The van der Waals surface area contributed by atoms with Crippen molar-refractivity contribution in [2.45, 2.75) is 51.7 Å². The number of esters is 1. The average molecular weight is 199 g/mol. The van der Waals surface area contributed by atoms with Crippen LogP contribution >= 0.6 is 0 Å². The van der Waals surface area contributed by atoms with E-state index in [1.54, 1.807) is 0 Å². The summed E-state index contributed by atoms with van der Waals surface area (Å²) in [6.45, 7) is 9.29. The Balaban J connectivity index is 4.09. The van der Waals surface area contributed by atoms with Gasteiger partial charge in [0.1, 0.15) is 6.10 Å². The number of nitrogens with two attached hydrogens (primary N) is 1. The van der Waals surface area contributed by atoms with Crippen LogP contribution in [0.15, 0.2) is 12.7 Å². The minimum Gasteiger partial charge on any atom is -0.459 e. The number of carbonyl (C=O) groups is 1. The van der Waals surface area contributed by atoms with Crippen molar-refractivity contribution < 1.29 is 9.53 Å². The lowest BCUT2D eigenvalue weighted by atomic mass is 9.88. The zero-order valence-electron chi connectivity index (χ0n) is 9.38. The van der Waals surface area contributed by atoms with Crippen molar-refractivity contribution in [3.05, 3.63) is 12.7 Å². The van der Waals surface area contributed by atoms with Gasteiger partial charge in [0.2, 0.25) is 0 Å². The number of ether oxygens (including phenoxy) is 1. The molecule has 0 amide bonds. The fourth-order valence-electron chi connectivity index (χ4n) is 1.40. The molecule has 82 valence electrons. The highest BCUT2D eigenvalue weighted by atomic mass is 16.5. The van der Waals surface area contributed by atoms with Crippen molar-refractivity contribution >= 4 is 5.97 Å². The number of carbonyl (C=O) groups excluding carboxylic acids is 1. The van der Waals surface area contributed by atoms with Gasteiger partial charge in [-0.3, -0.25) is 0 Å². The van der Waals surface area contributed by atoms with Crippen molar-refractivity contribution in [1.29, 1.82) is 0 Å². The smallest absolute Gasteiger partial charge is 0.330 e. The molecule has 0 saturated carbocycles. The van der Waals surface area contributed by atoms with E-state index >= 15 is 0 Å². The Morgan fingerprint density at radius 1 is 1.57 bits per heavy atom. The molecule has 0 rings (SSSR count). The summed E-state index contributed by atoms with van der Waals surface area (Å²) in [5.41, 5.74) is 5.88. The van der Waals surface area contributed by atoms with Crippen LogP contribution in [-0.2, 0) is 9.53 Å². The Hall–Kier alpha value is -0.830. The second-order valence-electron chi connectivity index (χ2n) is 3.73. The molecular formula is C11H21NO2. The molecule has 2 N–H and O–H groups in total. The first-order chi connectivity index (χ1) is 6.47. The van der Waals surface area contributed by atoms with E-state index in [1.165, 1.54) is 6.08 Å². The molecule has 14 heavy (non-hydrogen) atoms. The van der Waals surface area contributed by atoms with Crippen LogP contribution < -0.4 is 5.73 Å². The van der Waals surface area contributed by atoms with Gasteiger partial charge >= 0.3 is 5.97 Å². The summed E-state index contributed by atoms with van der Waals surface area (Å²) in [5.74, 6) is -0.382. The molecule has 0 fully saturated rings. The summed E-state index contributed by atoms with van der Waals surface area (Å²) < 4.78 is 5.06.